The highest BCUT2D eigenvalue weighted by atomic mass is 15.1. The summed E-state index contributed by atoms with van der Waals surface area (Å²) in [5.74, 6) is 0. The Balaban J connectivity index is 1.91. The highest BCUT2D eigenvalue weighted by molar-refractivity contribution is 5.77. The van der Waals surface area contributed by atoms with Crippen LogP contribution >= 0.6 is 0 Å². The molecular weight excluding hydrogens is 236 g/mol. The van der Waals surface area contributed by atoms with Gasteiger partial charge in [-0.1, -0.05) is 26.0 Å². The number of para-hydroxylation sites is 1. The van der Waals surface area contributed by atoms with Crippen molar-refractivity contribution < 1.29 is 0 Å². The lowest BCUT2D eigenvalue weighted by Gasteiger charge is -2.18. The first-order valence-corrected chi connectivity index (χ1v) is 6.96. The molecule has 1 heterocycles. The van der Waals surface area contributed by atoms with E-state index in [0.717, 1.165) is 43.8 Å². The molecule has 0 fully saturated rings. The van der Waals surface area contributed by atoms with Gasteiger partial charge in [0.25, 0.3) is 0 Å². The third kappa shape index (κ3) is 3.72. The van der Waals surface area contributed by atoms with Crippen LogP contribution in [0, 0.1) is 0 Å². The molecule has 4 heteroatoms. The molecular formula is C15H22N4. The topological polar surface area (TPSA) is 41.0 Å². The molecule has 0 radical (unpaired) electrons. The fourth-order valence-corrected chi connectivity index (χ4v) is 2.20. The van der Waals surface area contributed by atoms with Crippen molar-refractivity contribution in [2.24, 2.45) is 0 Å². The van der Waals surface area contributed by atoms with Gasteiger partial charge in [-0.2, -0.15) is 0 Å². The molecule has 19 heavy (non-hydrogen) atoms. The first-order valence-electron chi connectivity index (χ1n) is 6.96. The maximum absolute atomic E-state index is 4.41. The number of aromatic nitrogens is 2. The van der Waals surface area contributed by atoms with Gasteiger partial charge in [-0.25, -0.2) is 0 Å². The van der Waals surface area contributed by atoms with Crippen molar-refractivity contribution in [2.75, 3.05) is 26.2 Å². The van der Waals surface area contributed by atoms with Crippen LogP contribution < -0.4 is 5.32 Å². The van der Waals surface area contributed by atoms with E-state index in [1.807, 2.05) is 12.1 Å². The zero-order valence-corrected chi connectivity index (χ0v) is 11.8. The highest BCUT2D eigenvalue weighted by Crippen LogP contribution is 2.13. The summed E-state index contributed by atoms with van der Waals surface area (Å²) in [4.78, 5) is 11.2. The van der Waals surface area contributed by atoms with E-state index in [4.69, 9.17) is 0 Å². The third-order valence-electron chi connectivity index (χ3n) is 3.40. The van der Waals surface area contributed by atoms with E-state index in [2.05, 4.69) is 40.1 Å². The Bertz CT molecular complexity index is 503. The van der Waals surface area contributed by atoms with E-state index in [1.165, 1.54) is 5.56 Å². The summed E-state index contributed by atoms with van der Waals surface area (Å²) in [6.07, 6.45) is 3.49. The van der Waals surface area contributed by atoms with Crippen molar-refractivity contribution in [3.05, 3.63) is 36.2 Å². The monoisotopic (exact) mass is 258 g/mol. The first kappa shape index (κ1) is 13.9. The number of rotatable bonds is 7. The standard InChI is InChI=1S/C15H22N4/c1-3-19(4-2)11-10-16-12-13-6-5-7-14-15(13)18-9-8-17-14/h5-9,16H,3-4,10-12H2,1-2H3. The molecule has 0 amide bonds. The molecule has 0 aliphatic carbocycles. The minimum atomic E-state index is 0.845. The van der Waals surface area contributed by atoms with E-state index in [9.17, 15) is 0 Å². The second-order valence-corrected chi connectivity index (χ2v) is 4.54. The number of nitrogens with one attached hydrogen (secondary N) is 1. The van der Waals surface area contributed by atoms with Crippen LogP contribution in [0.2, 0.25) is 0 Å². The summed E-state index contributed by atoms with van der Waals surface area (Å²) >= 11 is 0. The minimum absolute atomic E-state index is 0.845. The SMILES string of the molecule is CCN(CC)CCNCc1cccc2nccnc12. The Kier molecular flexibility index (Phi) is 5.24. The number of hydrogen-bond acceptors (Lipinski definition) is 4. The van der Waals surface area contributed by atoms with E-state index >= 15 is 0 Å². The van der Waals surface area contributed by atoms with Crippen molar-refractivity contribution in [3.8, 4) is 0 Å². The predicted molar refractivity (Wildman–Crippen MR) is 79.0 cm³/mol. The Morgan fingerprint density at radius 3 is 2.68 bits per heavy atom. The molecule has 1 aromatic heterocycles. The molecule has 2 rings (SSSR count). The lowest BCUT2D eigenvalue weighted by molar-refractivity contribution is 0.302. The molecule has 0 aliphatic heterocycles. The summed E-state index contributed by atoms with van der Waals surface area (Å²) in [6, 6.07) is 6.15. The van der Waals surface area contributed by atoms with E-state index in [0.29, 0.717) is 0 Å². The van der Waals surface area contributed by atoms with E-state index < -0.39 is 0 Å². The Morgan fingerprint density at radius 1 is 1.11 bits per heavy atom. The maximum Gasteiger partial charge on any atom is 0.0931 e. The summed E-state index contributed by atoms with van der Waals surface area (Å²) in [5.41, 5.74) is 3.18. The van der Waals surface area contributed by atoms with Gasteiger partial charge in [-0.05, 0) is 24.7 Å². The molecule has 0 aliphatic rings. The lowest BCUT2D eigenvalue weighted by atomic mass is 10.1. The first-order chi connectivity index (χ1) is 9.35. The van der Waals surface area contributed by atoms with Crippen LogP contribution in [0.25, 0.3) is 11.0 Å². The smallest absolute Gasteiger partial charge is 0.0931 e. The zero-order valence-electron chi connectivity index (χ0n) is 11.8. The quantitative estimate of drug-likeness (QED) is 0.772. The van der Waals surface area contributed by atoms with E-state index in [1.54, 1.807) is 12.4 Å². The Morgan fingerprint density at radius 2 is 1.89 bits per heavy atom. The van der Waals surface area contributed by atoms with Gasteiger partial charge in [0.1, 0.15) is 0 Å². The van der Waals surface area contributed by atoms with E-state index in [-0.39, 0.29) is 0 Å². The van der Waals surface area contributed by atoms with Crippen LogP contribution in [0.15, 0.2) is 30.6 Å². The molecule has 1 N–H and O–H groups in total. The van der Waals surface area contributed by atoms with Crippen molar-refractivity contribution in [1.82, 2.24) is 20.2 Å². The molecule has 0 saturated carbocycles. The second kappa shape index (κ2) is 7.16. The predicted octanol–water partition coefficient (Wildman–Crippen LogP) is 2.06. The average Bonchev–Trinajstić information content (AvgIpc) is 2.47. The van der Waals surface area contributed by atoms with Crippen LogP contribution in [0.4, 0.5) is 0 Å². The molecule has 2 aromatic rings. The summed E-state index contributed by atoms with van der Waals surface area (Å²) in [7, 11) is 0. The maximum atomic E-state index is 4.41. The molecule has 0 unspecified atom stereocenters. The normalized spacial score (nSPS) is 11.3. The van der Waals surface area contributed by atoms with Crippen molar-refractivity contribution in [3.63, 3.8) is 0 Å². The molecule has 0 atom stereocenters. The van der Waals surface area contributed by atoms with Crippen molar-refractivity contribution >= 4 is 11.0 Å². The number of likely N-dealkylation sites (N-methyl/N-ethyl adjacent to an activating group) is 1. The van der Waals surface area contributed by atoms with Gasteiger partial charge in [0, 0.05) is 32.0 Å². The van der Waals surface area contributed by atoms with Crippen LogP contribution in [-0.2, 0) is 6.54 Å². The number of hydrogen-bond donors (Lipinski definition) is 1. The lowest BCUT2D eigenvalue weighted by Crippen LogP contribution is -2.31. The van der Waals surface area contributed by atoms with Crippen LogP contribution in [0.5, 0.6) is 0 Å². The average molecular weight is 258 g/mol. The molecule has 1 aromatic carbocycles. The van der Waals surface area contributed by atoms with Gasteiger partial charge in [-0.3, -0.25) is 9.97 Å². The zero-order chi connectivity index (χ0) is 13.5. The number of benzene rings is 1. The number of fused-ring (bicyclic) bond motifs is 1. The largest absolute Gasteiger partial charge is 0.311 e. The minimum Gasteiger partial charge on any atom is -0.311 e. The molecule has 0 spiro atoms. The van der Waals surface area contributed by atoms with Crippen molar-refractivity contribution in [1.29, 1.82) is 0 Å². The molecule has 102 valence electrons. The van der Waals surface area contributed by atoms with Crippen LogP contribution in [0.3, 0.4) is 0 Å². The molecule has 0 bridgehead atoms. The van der Waals surface area contributed by atoms with Gasteiger partial charge in [0.05, 0.1) is 11.0 Å². The summed E-state index contributed by atoms with van der Waals surface area (Å²) in [5, 5.41) is 3.48. The van der Waals surface area contributed by atoms with Crippen molar-refractivity contribution in [2.45, 2.75) is 20.4 Å². The van der Waals surface area contributed by atoms with Gasteiger partial charge in [0.2, 0.25) is 0 Å². The van der Waals surface area contributed by atoms with Crippen LogP contribution in [-0.4, -0.2) is 41.0 Å². The molecule has 0 saturated heterocycles. The van der Waals surface area contributed by atoms with Gasteiger partial charge >= 0.3 is 0 Å². The van der Waals surface area contributed by atoms with Crippen LogP contribution in [0.1, 0.15) is 19.4 Å². The van der Waals surface area contributed by atoms with Gasteiger partial charge in [0.15, 0.2) is 0 Å². The summed E-state index contributed by atoms with van der Waals surface area (Å²) in [6.45, 7) is 9.54. The Hall–Kier alpha value is -1.52. The molecule has 4 nitrogen and oxygen atoms in total. The highest BCUT2D eigenvalue weighted by Gasteiger charge is 2.02. The number of nitrogens with zero attached hydrogens (tertiary/aromatic N) is 3. The second-order valence-electron chi connectivity index (χ2n) is 4.54. The Labute approximate surface area is 114 Å². The fraction of sp³-hybridized carbons (Fsp3) is 0.467. The summed E-state index contributed by atoms with van der Waals surface area (Å²) < 4.78 is 0. The third-order valence-corrected chi connectivity index (χ3v) is 3.40. The fourth-order valence-electron chi connectivity index (χ4n) is 2.20. The van der Waals surface area contributed by atoms with Gasteiger partial charge in [-0.15, -0.1) is 0 Å². The van der Waals surface area contributed by atoms with Gasteiger partial charge < -0.3 is 10.2 Å².